The van der Waals surface area contributed by atoms with E-state index in [9.17, 15) is 4.79 Å². The maximum atomic E-state index is 10.9. The van der Waals surface area contributed by atoms with Gasteiger partial charge in [-0.3, -0.25) is 0 Å². The molecule has 2 N–H and O–H groups in total. The highest BCUT2D eigenvalue weighted by atomic mass is 16.4. The van der Waals surface area contributed by atoms with Gasteiger partial charge in [0.2, 0.25) is 0 Å². The number of aromatic carboxylic acids is 1. The summed E-state index contributed by atoms with van der Waals surface area (Å²) in [5.74, 6) is -0.999. The van der Waals surface area contributed by atoms with Crippen molar-refractivity contribution >= 4 is 11.7 Å². The smallest absolute Gasteiger partial charge is 0.356 e. The number of hydrogen-bond donors (Lipinski definition) is 2. The van der Waals surface area contributed by atoms with Crippen LogP contribution in [-0.2, 0) is 6.42 Å². The molecule has 0 amide bonds. The van der Waals surface area contributed by atoms with Crippen LogP contribution < -0.4 is 5.32 Å². The van der Waals surface area contributed by atoms with E-state index in [-0.39, 0.29) is 5.69 Å². The molecule has 0 aliphatic carbocycles. The predicted molar refractivity (Wildman–Crippen MR) is 72.1 cm³/mol. The molecule has 2 aromatic rings. The zero-order chi connectivity index (χ0) is 13.4. The van der Waals surface area contributed by atoms with Gasteiger partial charge >= 0.3 is 5.97 Å². The van der Waals surface area contributed by atoms with Crippen molar-refractivity contribution in [2.24, 2.45) is 0 Å². The molecule has 1 aliphatic rings. The second kappa shape index (κ2) is 4.42. The number of rotatable bonds is 2. The Bertz CT molecular complexity index is 646. The Morgan fingerprint density at radius 2 is 2.26 bits per heavy atom. The molecule has 0 unspecified atom stereocenters. The van der Waals surface area contributed by atoms with E-state index in [4.69, 9.17) is 5.11 Å². The van der Waals surface area contributed by atoms with Gasteiger partial charge in [0.1, 0.15) is 0 Å². The lowest BCUT2D eigenvalue weighted by atomic mass is 10.0. The van der Waals surface area contributed by atoms with E-state index in [2.05, 4.69) is 16.5 Å². The summed E-state index contributed by atoms with van der Waals surface area (Å²) in [6.45, 7) is 2.87. The van der Waals surface area contributed by atoms with Gasteiger partial charge in [-0.05, 0) is 49.6 Å². The van der Waals surface area contributed by atoms with Crippen molar-refractivity contribution < 1.29 is 9.90 Å². The lowest BCUT2D eigenvalue weighted by Gasteiger charge is -2.18. The average molecular weight is 257 g/mol. The van der Waals surface area contributed by atoms with Crippen LogP contribution in [0.3, 0.4) is 0 Å². The van der Waals surface area contributed by atoms with Crippen molar-refractivity contribution in [2.45, 2.75) is 19.8 Å². The second-order valence-corrected chi connectivity index (χ2v) is 4.76. The standard InChI is InChI=1S/C14H15N3O2/c1-9-7-13(14(18)19)16-17(9)11-4-5-12-10(8-11)3-2-6-15-12/h4-5,7-8,15H,2-3,6H2,1H3,(H,18,19). The van der Waals surface area contributed by atoms with E-state index < -0.39 is 5.97 Å². The number of anilines is 1. The number of carbonyl (C=O) groups is 1. The highest BCUT2D eigenvalue weighted by Gasteiger charge is 2.14. The summed E-state index contributed by atoms with van der Waals surface area (Å²) in [4.78, 5) is 10.9. The molecule has 0 bridgehead atoms. The summed E-state index contributed by atoms with van der Waals surface area (Å²) in [5.41, 5.74) is 4.23. The maximum Gasteiger partial charge on any atom is 0.356 e. The molecule has 0 saturated carbocycles. The molecule has 3 rings (SSSR count). The first-order valence-electron chi connectivity index (χ1n) is 6.32. The quantitative estimate of drug-likeness (QED) is 0.865. The van der Waals surface area contributed by atoms with Crippen molar-refractivity contribution in [1.29, 1.82) is 0 Å². The van der Waals surface area contributed by atoms with Crippen LogP contribution in [-0.4, -0.2) is 27.4 Å². The van der Waals surface area contributed by atoms with Gasteiger partial charge < -0.3 is 10.4 Å². The number of benzene rings is 1. The summed E-state index contributed by atoms with van der Waals surface area (Å²) in [6.07, 6.45) is 2.16. The summed E-state index contributed by atoms with van der Waals surface area (Å²) in [6, 6.07) is 7.65. The van der Waals surface area contributed by atoms with Crippen LogP contribution in [0.1, 0.15) is 28.2 Å². The van der Waals surface area contributed by atoms with E-state index >= 15 is 0 Å². The van der Waals surface area contributed by atoms with Gasteiger partial charge in [0.15, 0.2) is 5.69 Å². The number of aryl methyl sites for hydroxylation is 2. The average Bonchev–Trinajstić information content (AvgIpc) is 2.80. The van der Waals surface area contributed by atoms with E-state index in [1.165, 1.54) is 11.3 Å². The third-order valence-electron chi connectivity index (χ3n) is 3.38. The van der Waals surface area contributed by atoms with Crippen molar-refractivity contribution in [3.05, 3.63) is 41.2 Å². The number of nitrogens with one attached hydrogen (secondary N) is 1. The molecule has 0 atom stereocenters. The summed E-state index contributed by atoms with van der Waals surface area (Å²) in [5, 5.41) is 16.5. The van der Waals surface area contributed by atoms with Crippen LogP contribution in [0.2, 0.25) is 0 Å². The fourth-order valence-corrected chi connectivity index (χ4v) is 2.43. The van der Waals surface area contributed by atoms with E-state index in [0.29, 0.717) is 0 Å². The van der Waals surface area contributed by atoms with Gasteiger partial charge in [-0.15, -0.1) is 0 Å². The lowest BCUT2D eigenvalue weighted by molar-refractivity contribution is 0.0690. The van der Waals surface area contributed by atoms with Crippen LogP contribution >= 0.6 is 0 Å². The van der Waals surface area contributed by atoms with Crippen molar-refractivity contribution in [1.82, 2.24) is 9.78 Å². The summed E-state index contributed by atoms with van der Waals surface area (Å²) >= 11 is 0. The number of carboxylic acid groups (broad SMARTS) is 1. The maximum absolute atomic E-state index is 10.9. The molecule has 1 aliphatic heterocycles. The van der Waals surface area contributed by atoms with Crippen molar-refractivity contribution in [3.63, 3.8) is 0 Å². The largest absolute Gasteiger partial charge is 0.476 e. The molecule has 0 saturated heterocycles. The lowest BCUT2D eigenvalue weighted by Crippen LogP contribution is -2.12. The molecule has 0 radical (unpaired) electrons. The number of carboxylic acids is 1. The zero-order valence-electron chi connectivity index (χ0n) is 10.7. The zero-order valence-corrected chi connectivity index (χ0v) is 10.7. The Kier molecular flexibility index (Phi) is 2.74. The first kappa shape index (κ1) is 11.8. The molecule has 5 nitrogen and oxygen atoms in total. The van der Waals surface area contributed by atoms with Gasteiger partial charge in [0.05, 0.1) is 5.69 Å². The van der Waals surface area contributed by atoms with Crippen LogP contribution in [0, 0.1) is 6.92 Å². The molecule has 5 heteroatoms. The molecule has 2 heterocycles. The fourth-order valence-electron chi connectivity index (χ4n) is 2.43. The van der Waals surface area contributed by atoms with Crippen LogP contribution in [0.15, 0.2) is 24.3 Å². The van der Waals surface area contributed by atoms with Crippen molar-refractivity contribution in [2.75, 3.05) is 11.9 Å². The van der Waals surface area contributed by atoms with Crippen LogP contribution in [0.4, 0.5) is 5.69 Å². The molecule has 0 fully saturated rings. The highest BCUT2D eigenvalue weighted by molar-refractivity contribution is 5.85. The Balaban J connectivity index is 2.04. The second-order valence-electron chi connectivity index (χ2n) is 4.76. The van der Waals surface area contributed by atoms with Crippen LogP contribution in [0.5, 0.6) is 0 Å². The Morgan fingerprint density at radius 1 is 1.42 bits per heavy atom. The monoisotopic (exact) mass is 257 g/mol. The van der Waals surface area contributed by atoms with Crippen molar-refractivity contribution in [3.8, 4) is 5.69 Å². The number of hydrogen-bond acceptors (Lipinski definition) is 3. The van der Waals surface area contributed by atoms with Gasteiger partial charge in [0, 0.05) is 17.9 Å². The minimum absolute atomic E-state index is 0.0772. The Labute approximate surface area is 110 Å². The van der Waals surface area contributed by atoms with Gasteiger partial charge in [-0.1, -0.05) is 0 Å². The number of fused-ring (bicyclic) bond motifs is 1. The molecule has 1 aromatic heterocycles. The molecular formula is C14H15N3O2. The molecule has 0 spiro atoms. The van der Waals surface area contributed by atoms with Crippen LogP contribution in [0.25, 0.3) is 5.69 Å². The minimum atomic E-state index is -0.999. The first-order chi connectivity index (χ1) is 9.15. The molecule has 19 heavy (non-hydrogen) atoms. The predicted octanol–water partition coefficient (Wildman–Crippen LogP) is 2.24. The molecule has 98 valence electrons. The minimum Gasteiger partial charge on any atom is -0.476 e. The summed E-state index contributed by atoms with van der Waals surface area (Å²) in [7, 11) is 0. The van der Waals surface area contributed by atoms with E-state index in [0.717, 1.165) is 30.8 Å². The SMILES string of the molecule is Cc1cc(C(=O)O)nn1-c1ccc2c(c1)CCCN2. The summed E-state index contributed by atoms with van der Waals surface area (Å²) < 4.78 is 1.68. The van der Waals surface area contributed by atoms with E-state index in [1.54, 1.807) is 10.7 Å². The molecule has 1 aromatic carbocycles. The number of nitrogens with zero attached hydrogens (tertiary/aromatic N) is 2. The first-order valence-corrected chi connectivity index (χ1v) is 6.32. The fraction of sp³-hybridized carbons (Fsp3) is 0.286. The number of aromatic nitrogens is 2. The van der Waals surface area contributed by atoms with Gasteiger partial charge in [-0.25, -0.2) is 9.48 Å². The molecular weight excluding hydrogens is 242 g/mol. The van der Waals surface area contributed by atoms with Gasteiger partial charge in [-0.2, -0.15) is 5.10 Å². The third kappa shape index (κ3) is 2.07. The van der Waals surface area contributed by atoms with E-state index in [1.807, 2.05) is 19.1 Å². The normalized spacial score (nSPS) is 13.7. The van der Waals surface area contributed by atoms with Gasteiger partial charge in [0.25, 0.3) is 0 Å². The topological polar surface area (TPSA) is 67.1 Å². The Hall–Kier alpha value is -2.30. The highest BCUT2D eigenvalue weighted by Crippen LogP contribution is 2.25. The third-order valence-corrected chi connectivity index (χ3v) is 3.38. The Morgan fingerprint density at radius 3 is 3.00 bits per heavy atom.